The highest BCUT2D eigenvalue weighted by molar-refractivity contribution is 5.37. The molecule has 90 valence electrons. The molecule has 1 aromatic heterocycles. The van der Waals surface area contributed by atoms with Crippen molar-refractivity contribution in [2.75, 3.05) is 18.5 Å². The van der Waals surface area contributed by atoms with Crippen molar-refractivity contribution in [3.05, 3.63) is 17.8 Å². The maximum atomic E-state index is 13.7. The van der Waals surface area contributed by atoms with Crippen LogP contribution in [0.4, 0.5) is 10.2 Å². The Labute approximate surface area is 94.9 Å². The van der Waals surface area contributed by atoms with Gasteiger partial charge in [-0.2, -0.15) is 0 Å². The number of rotatable bonds is 5. The highest BCUT2D eigenvalue weighted by Crippen LogP contribution is 2.17. The zero-order valence-corrected chi connectivity index (χ0v) is 9.92. The molecule has 0 aliphatic rings. The predicted octanol–water partition coefficient (Wildman–Crippen LogP) is 1.61. The molecule has 0 unspecified atom stereocenters. The molecule has 0 saturated heterocycles. The summed E-state index contributed by atoms with van der Waals surface area (Å²) in [6, 6.07) is 0. The maximum Gasteiger partial charge on any atom is 0.186 e. The summed E-state index contributed by atoms with van der Waals surface area (Å²) >= 11 is 0. The van der Waals surface area contributed by atoms with Gasteiger partial charge >= 0.3 is 0 Å². The van der Waals surface area contributed by atoms with E-state index in [1.807, 2.05) is 20.8 Å². The first-order valence-electron chi connectivity index (χ1n) is 5.34. The van der Waals surface area contributed by atoms with Gasteiger partial charge in [0, 0.05) is 18.6 Å². The average Bonchev–Trinajstić information content (AvgIpc) is 2.28. The molecule has 0 saturated carbocycles. The van der Waals surface area contributed by atoms with Gasteiger partial charge in [-0.1, -0.05) is 20.8 Å². The van der Waals surface area contributed by atoms with Crippen LogP contribution in [0.25, 0.3) is 0 Å². The van der Waals surface area contributed by atoms with E-state index < -0.39 is 5.82 Å². The molecule has 1 aromatic rings. The van der Waals surface area contributed by atoms with Gasteiger partial charge in [0.05, 0.1) is 5.69 Å². The monoisotopic (exact) mass is 227 g/mol. The van der Waals surface area contributed by atoms with Gasteiger partial charge in [-0.05, 0) is 6.42 Å². The number of halogens is 1. The standard InChI is InChI=1S/C11H18FN3O/c1-4-8-9(12)10(15-7-14-8)13-5-11(2,3)6-16/h7,16H,4-6H2,1-3H3,(H,13,14,15). The fourth-order valence-corrected chi connectivity index (χ4v) is 1.15. The summed E-state index contributed by atoms with van der Waals surface area (Å²) in [5.74, 6) is -0.202. The van der Waals surface area contributed by atoms with E-state index in [1.54, 1.807) is 0 Å². The second-order valence-corrected chi connectivity index (χ2v) is 4.51. The smallest absolute Gasteiger partial charge is 0.186 e. The van der Waals surface area contributed by atoms with Crippen molar-refractivity contribution >= 4 is 5.82 Å². The molecule has 4 nitrogen and oxygen atoms in total. The highest BCUT2D eigenvalue weighted by Gasteiger charge is 2.18. The molecule has 16 heavy (non-hydrogen) atoms. The van der Waals surface area contributed by atoms with Gasteiger partial charge in [-0.25, -0.2) is 14.4 Å². The number of nitrogens with one attached hydrogen (secondary N) is 1. The molecule has 0 bridgehead atoms. The second kappa shape index (κ2) is 5.21. The lowest BCUT2D eigenvalue weighted by molar-refractivity contribution is 0.170. The van der Waals surface area contributed by atoms with Crippen LogP contribution in [0.2, 0.25) is 0 Å². The van der Waals surface area contributed by atoms with Gasteiger partial charge in [-0.15, -0.1) is 0 Å². The van der Waals surface area contributed by atoms with Gasteiger partial charge in [0.1, 0.15) is 6.33 Å². The van der Waals surface area contributed by atoms with Crippen LogP contribution in [0.5, 0.6) is 0 Å². The largest absolute Gasteiger partial charge is 0.396 e. The number of aliphatic hydroxyl groups excluding tert-OH is 1. The van der Waals surface area contributed by atoms with Crippen LogP contribution in [0.1, 0.15) is 26.5 Å². The molecule has 2 N–H and O–H groups in total. The molecule has 0 aromatic carbocycles. The molecule has 0 aliphatic carbocycles. The summed E-state index contributed by atoms with van der Waals surface area (Å²) in [5, 5.41) is 12.0. The number of aliphatic hydroxyl groups is 1. The van der Waals surface area contributed by atoms with E-state index in [-0.39, 0.29) is 17.8 Å². The van der Waals surface area contributed by atoms with Gasteiger partial charge in [-0.3, -0.25) is 0 Å². The molecule has 0 fully saturated rings. The Hall–Kier alpha value is -1.23. The molecule has 5 heteroatoms. The third kappa shape index (κ3) is 3.13. The molecular formula is C11H18FN3O. The second-order valence-electron chi connectivity index (χ2n) is 4.51. The summed E-state index contributed by atoms with van der Waals surface area (Å²) in [5.41, 5.74) is 0.100. The van der Waals surface area contributed by atoms with Crippen molar-refractivity contribution in [1.82, 2.24) is 9.97 Å². The Morgan fingerprint density at radius 2 is 2.12 bits per heavy atom. The van der Waals surface area contributed by atoms with Crippen LogP contribution < -0.4 is 5.32 Å². The van der Waals surface area contributed by atoms with Gasteiger partial charge < -0.3 is 10.4 Å². The first kappa shape index (κ1) is 12.8. The lowest BCUT2D eigenvalue weighted by Crippen LogP contribution is -2.27. The van der Waals surface area contributed by atoms with Gasteiger partial charge in [0.25, 0.3) is 0 Å². The van der Waals surface area contributed by atoms with Crippen LogP contribution in [-0.2, 0) is 6.42 Å². The average molecular weight is 227 g/mol. The Kier molecular flexibility index (Phi) is 4.18. The number of hydrogen-bond donors (Lipinski definition) is 2. The van der Waals surface area contributed by atoms with E-state index in [0.29, 0.717) is 18.7 Å². The van der Waals surface area contributed by atoms with Crippen molar-refractivity contribution in [1.29, 1.82) is 0 Å². The fraction of sp³-hybridized carbons (Fsp3) is 0.636. The number of nitrogens with zero attached hydrogens (tertiary/aromatic N) is 2. The first-order chi connectivity index (χ1) is 7.50. The summed E-state index contributed by atoms with van der Waals surface area (Å²) in [4.78, 5) is 7.69. The van der Waals surface area contributed by atoms with Gasteiger partial charge in [0.2, 0.25) is 0 Å². The van der Waals surface area contributed by atoms with Crippen LogP contribution in [0.3, 0.4) is 0 Å². The van der Waals surface area contributed by atoms with Crippen molar-refractivity contribution in [2.45, 2.75) is 27.2 Å². The number of hydrogen-bond acceptors (Lipinski definition) is 4. The van der Waals surface area contributed by atoms with E-state index in [0.717, 1.165) is 0 Å². The lowest BCUT2D eigenvalue weighted by atomic mass is 9.95. The molecule has 0 radical (unpaired) electrons. The lowest BCUT2D eigenvalue weighted by Gasteiger charge is -2.22. The minimum atomic E-state index is -0.404. The van der Waals surface area contributed by atoms with Crippen LogP contribution in [-0.4, -0.2) is 28.2 Å². The van der Waals surface area contributed by atoms with Crippen molar-refractivity contribution in [3.8, 4) is 0 Å². The molecule has 0 atom stereocenters. The van der Waals surface area contributed by atoms with Gasteiger partial charge in [0.15, 0.2) is 11.6 Å². The van der Waals surface area contributed by atoms with E-state index >= 15 is 0 Å². The zero-order chi connectivity index (χ0) is 12.2. The molecule has 1 heterocycles. The minimum Gasteiger partial charge on any atom is -0.396 e. The van der Waals surface area contributed by atoms with Crippen LogP contribution in [0, 0.1) is 11.2 Å². The topological polar surface area (TPSA) is 58.0 Å². The summed E-state index contributed by atoms with van der Waals surface area (Å²) in [6.07, 6.45) is 1.88. The quantitative estimate of drug-likeness (QED) is 0.802. The third-order valence-electron chi connectivity index (χ3n) is 2.36. The van der Waals surface area contributed by atoms with Crippen molar-refractivity contribution in [3.63, 3.8) is 0 Å². The Morgan fingerprint density at radius 1 is 1.44 bits per heavy atom. The Morgan fingerprint density at radius 3 is 2.69 bits per heavy atom. The minimum absolute atomic E-state index is 0.0351. The number of aryl methyl sites for hydroxylation is 1. The van der Waals surface area contributed by atoms with E-state index in [2.05, 4.69) is 15.3 Å². The number of aromatic nitrogens is 2. The van der Waals surface area contributed by atoms with Crippen molar-refractivity contribution < 1.29 is 9.50 Å². The molecule has 0 spiro atoms. The summed E-state index contributed by atoms with van der Waals surface area (Å²) in [6.45, 7) is 6.11. The zero-order valence-electron chi connectivity index (χ0n) is 9.92. The SMILES string of the molecule is CCc1ncnc(NCC(C)(C)CO)c1F. The molecular weight excluding hydrogens is 209 g/mol. The maximum absolute atomic E-state index is 13.7. The van der Waals surface area contributed by atoms with Crippen LogP contribution >= 0.6 is 0 Å². The fourth-order valence-electron chi connectivity index (χ4n) is 1.15. The molecule has 0 aliphatic heterocycles. The molecule has 0 amide bonds. The predicted molar refractivity (Wildman–Crippen MR) is 60.7 cm³/mol. The summed E-state index contributed by atoms with van der Waals surface area (Å²) < 4.78 is 13.7. The van der Waals surface area contributed by atoms with Crippen LogP contribution in [0.15, 0.2) is 6.33 Å². The number of anilines is 1. The normalized spacial score (nSPS) is 11.6. The van der Waals surface area contributed by atoms with Crippen molar-refractivity contribution in [2.24, 2.45) is 5.41 Å². The Balaban J connectivity index is 2.75. The van der Waals surface area contributed by atoms with E-state index in [1.165, 1.54) is 6.33 Å². The van der Waals surface area contributed by atoms with E-state index in [9.17, 15) is 4.39 Å². The molecule has 1 rings (SSSR count). The third-order valence-corrected chi connectivity index (χ3v) is 2.36. The highest BCUT2D eigenvalue weighted by atomic mass is 19.1. The van der Waals surface area contributed by atoms with E-state index in [4.69, 9.17) is 5.11 Å². The Bertz CT molecular complexity index is 355. The first-order valence-corrected chi connectivity index (χ1v) is 5.34. The summed E-state index contributed by atoms with van der Waals surface area (Å²) in [7, 11) is 0.